The van der Waals surface area contributed by atoms with E-state index in [-0.39, 0.29) is 11.6 Å². The van der Waals surface area contributed by atoms with Gasteiger partial charge in [-0.2, -0.15) is 0 Å². The van der Waals surface area contributed by atoms with Crippen molar-refractivity contribution in [3.63, 3.8) is 0 Å². The molecule has 0 aliphatic heterocycles. The van der Waals surface area contributed by atoms with Crippen molar-refractivity contribution in [1.29, 1.82) is 0 Å². The number of aryl methyl sites for hydroxylation is 1. The van der Waals surface area contributed by atoms with Crippen molar-refractivity contribution >= 4 is 34.7 Å². The number of ether oxygens (including phenoxy) is 1. The number of aromatic nitrogens is 2. The van der Waals surface area contributed by atoms with Crippen LogP contribution in [0.5, 0.6) is 5.75 Å². The van der Waals surface area contributed by atoms with Gasteiger partial charge >= 0.3 is 0 Å². The molecule has 0 bridgehead atoms. The number of methoxy groups -OCH3 is 1. The number of carbonyl (C=O) groups is 1. The van der Waals surface area contributed by atoms with E-state index in [1.54, 1.807) is 44.4 Å². The minimum atomic E-state index is -0.333. The molecule has 0 fully saturated rings. The molecule has 3 rings (SSSR count). The summed E-state index contributed by atoms with van der Waals surface area (Å²) in [5.74, 6) is 1.33. The van der Waals surface area contributed by atoms with E-state index in [4.69, 9.17) is 16.3 Å². The highest BCUT2D eigenvalue weighted by Gasteiger charge is 2.12. The monoisotopic (exact) mass is 368 g/mol. The SMILES string of the molecule is COc1ccccc1Nc1cc(C(=O)Nc2ccc(Cl)cc2)nc(C)n1. The van der Waals surface area contributed by atoms with Gasteiger partial charge in [0.2, 0.25) is 0 Å². The first-order chi connectivity index (χ1) is 12.5. The molecule has 132 valence electrons. The predicted octanol–water partition coefficient (Wildman–Crippen LogP) is 4.44. The summed E-state index contributed by atoms with van der Waals surface area (Å²) >= 11 is 5.86. The fourth-order valence-corrected chi connectivity index (χ4v) is 2.49. The molecule has 3 aromatic rings. The number of hydrogen-bond donors (Lipinski definition) is 2. The van der Waals surface area contributed by atoms with Gasteiger partial charge in [0.05, 0.1) is 12.8 Å². The summed E-state index contributed by atoms with van der Waals surface area (Å²) in [5, 5.41) is 6.54. The van der Waals surface area contributed by atoms with Crippen molar-refractivity contribution < 1.29 is 9.53 Å². The largest absolute Gasteiger partial charge is 0.495 e. The van der Waals surface area contributed by atoms with Gasteiger partial charge in [-0.3, -0.25) is 4.79 Å². The fourth-order valence-electron chi connectivity index (χ4n) is 2.36. The number of nitrogens with one attached hydrogen (secondary N) is 2. The third-order valence-corrected chi connectivity index (χ3v) is 3.79. The molecule has 1 heterocycles. The Labute approximate surface area is 156 Å². The van der Waals surface area contributed by atoms with Crippen molar-refractivity contribution in [3.8, 4) is 5.75 Å². The lowest BCUT2D eigenvalue weighted by Crippen LogP contribution is -2.15. The van der Waals surface area contributed by atoms with Crippen LogP contribution in [0.3, 0.4) is 0 Å². The van der Waals surface area contributed by atoms with Crippen molar-refractivity contribution in [2.24, 2.45) is 0 Å². The van der Waals surface area contributed by atoms with Crippen molar-refractivity contribution in [2.45, 2.75) is 6.92 Å². The van der Waals surface area contributed by atoms with Gasteiger partial charge in [0.25, 0.3) is 5.91 Å². The van der Waals surface area contributed by atoms with Crippen LogP contribution in [0.2, 0.25) is 5.02 Å². The van der Waals surface area contributed by atoms with E-state index in [0.29, 0.717) is 28.1 Å². The Balaban J connectivity index is 1.82. The molecule has 7 heteroatoms. The van der Waals surface area contributed by atoms with E-state index < -0.39 is 0 Å². The molecule has 0 aliphatic carbocycles. The normalized spacial score (nSPS) is 10.3. The first-order valence-electron chi connectivity index (χ1n) is 7.88. The van der Waals surface area contributed by atoms with E-state index in [0.717, 1.165) is 5.69 Å². The number of amides is 1. The molecule has 0 radical (unpaired) electrons. The first-order valence-corrected chi connectivity index (χ1v) is 8.25. The highest BCUT2D eigenvalue weighted by molar-refractivity contribution is 6.30. The highest BCUT2D eigenvalue weighted by Crippen LogP contribution is 2.26. The summed E-state index contributed by atoms with van der Waals surface area (Å²) in [5.41, 5.74) is 1.64. The molecule has 2 aromatic carbocycles. The number of anilines is 3. The van der Waals surface area contributed by atoms with Crippen LogP contribution >= 0.6 is 11.6 Å². The lowest BCUT2D eigenvalue weighted by molar-refractivity contribution is 0.102. The van der Waals surface area contributed by atoms with Crippen LogP contribution < -0.4 is 15.4 Å². The van der Waals surface area contributed by atoms with Crippen LogP contribution in [-0.2, 0) is 0 Å². The van der Waals surface area contributed by atoms with Gasteiger partial charge in [-0.05, 0) is 43.3 Å². The average molecular weight is 369 g/mol. The molecule has 0 saturated heterocycles. The maximum absolute atomic E-state index is 12.5. The van der Waals surface area contributed by atoms with Gasteiger partial charge in [0.15, 0.2) is 0 Å². The molecular formula is C19H17ClN4O2. The quantitative estimate of drug-likeness (QED) is 0.696. The van der Waals surface area contributed by atoms with Gasteiger partial charge < -0.3 is 15.4 Å². The minimum Gasteiger partial charge on any atom is -0.495 e. The molecule has 26 heavy (non-hydrogen) atoms. The van der Waals surface area contributed by atoms with E-state index >= 15 is 0 Å². The van der Waals surface area contributed by atoms with Crippen LogP contribution in [-0.4, -0.2) is 23.0 Å². The van der Waals surface area contributed by atoms with Crippen LogP contribution in [0.25, 0.3) is 0 Å². The lowest BCUT2D eigenvalue weighted by atomic mass is 10.2. The number of para-hydroxylation sites is 2. The van der Waals surface area contributed by atoms with Gasteiger partial charge in [0.1, 0.15) is 23.1 Å². The molecule has 0 unspecified atom stereocenters. The zero-order valence-electron chi connectivity index (χ0n) is 14.3. The maximum atomic E-state index is 12.5. The molecule has 1 amide bonds. The van der Waals surface area contributed by atoms with Gasteiger partial charge in [-0.25, -0.2) is 9.97 Å². The van der Waals surface area contributed by atoms with E-state index in [1.807, 2.05) is 24.3 Å². The van der Waals surface area contributed by atoms with Crippen molar-refractivity contribution in [3.05, 3.63) is 71.1 Å². The lowest BCUT2D eigenvalue weighted by Gasteiger charge is -2.12. The number of carbonyl (C=O) groups excluding carboxylic acids is 1. The Morgan fingerprint density at radius 3 is 2.54 bits per heavy atom. The molecule has 0 saturated carbocycles. The molecule has 0 atom stereocenters. The van der Waals surface area contributed by atoms with Gasteiger partial charge in [-0.1, -0.05) is 23.7 Å². The van der Waals surface area contributed by atoms with Crippen molar-refractivity contribution in [2.75, 3.05) is 17.7 Å². The zero-order chi connectivity index (χ0) is 18.5. The number of halogens is 1. The highest BCUT2D eigenvalue weighted by atomic mass is 35.5. The third-order valence-electron chi connectivity index (χ3n) is 3.54. The molecule has 1 aromatic heterocycles. The van der Waals surface area contributed by atoms with E-state index in [9.17, 15) is 4.79 Å². The summed E-state index contributed by atoms with van der Waals surface area (Å²) < 4.78 is 5.32. The number of hydrogen-bond acceptors (Lipinski definition) is 5. The average Bonchev–Trinajstić information content (AvgIpc) is 2.63. The smallest absolute Gasteiger partial charge is 0.274 e. The minimum absolute atomic E-state index is 0.254. The predicted molar refractivity (Wildman–Crippen MR) is 102 cm³/mol. The standard InChI is InChI=1S/C19H17ClN4O2/c1-12-21-16(19(25)23-14-9-7-13(20)8-10-14)11-18(22-12)24-15-5-3-4-6-17(15)26-2/h3-11H,1-2H3,(H,23,25)(H,21,22,24). The summed E-state index contributed by atoms with van der Waals surface area (Å²) in [6.07, 6.45) is 0. The molecule has 2 N–H and O–H groups in total. The third kappa shape index (κ3) is 4.29. The summed E-state index contributed by atoms with van der Waals surface area (Å²) in [6, 6.07) is 15.9. The molecular weight excluding hydrogens is 352 g/mol. The van der Waals surface area contributed by atoms with E-state index in [2.05, 4.69) is 20.6 Å². The van der Waals surface area contributed by atoms with Crippen LogP contribution in [0.15, 0.2) is 54.6 Å². The molecule has 0 aliphatic rings. The second-order valence-electron chi connectivity index (χ2n) is 5.47. The Kier molecular flexibility index (Phi) is 5.34. The van der Waals surface area contributed by atoms with Crippen LogP contribution in [0.4, 0.5) is 17.2 Å². The Bertz CT molecular complexity index is 929. The Hall–Kier alpha value is -3.12. The zero-order valence-corrected chi connectivity index (χ0v) is 15.0. The maximum Gasteiger partial charge on any atom is 0.274 e. The van der Waals surface area contributed by atoms with E-state index in [1.165, 1.54) is 0 Å². The topological polar surface area (TPSA) is 76.1 Å². The summed E-state index contributed by atoms with van der Waals surface area (Å²) in [6.45, 7) is 1.73. The number of benzene rings is 2. The summed E-state index contributed by atoms with van der Waals surface area (Å²) in [4.78, 5) is 21.0. The van der Waals surface area contributed by atoms with Crippen LogP contribution in [0, 0.1) is 6.92 Å². The molecule has 6 nitrogen and oxygen atoms in total. The second kappa shape index (κ2) is 7.84. The van der Waals surface area contributed by atoms with Crippen molar-refractivity contribution in [1.82, 2.24) is 9.97 Å². The fraction of sp³-hybridized carbons (Fsp3) is 0.105. The molecule has 0 spiro atoms. The van der Waals surface area contributed by atoms with Gasteiger partial charge in [0, 0.05) is 16.8 Å². The second-order valence-corrected chi connectivity index (χ2v) is 5.91. The first kappa shape index (κ1) is 17.7. The number of nitrogens with zero attached hydrogens (tertiary/aromatic N) is 2. The number of rotatable bonds is 5. The Morgan fingerprint density at radius 1 is 1.08 bits per heavy atom. The Morgan fingerprint density at radius 2 is 1.81 bits per heavy atom. The summed E-state index contributed by atoms with van der Waals surface area (Å²) in [7, 11) is 1.59. The van der Waals surface area contributed by atoms with Gasteiger partial charge in [-0.15, -0.1) is 0 Å². The van der Waals surface area contributed by atoms with Crippen LogP contribution in [0.1, 0.15) is 16.3 Å².